The third-order valence-electron chi connectivity index (χ3n) is 3.29. The molecule has 0 spiro atoms. The highest BCUT2D eigenvalue weighted by atomic mass is 32.1. The normalized spacial score (nSPS) is 11.0. The van der Waals surface area contributed by atoms with Crippen LogP contribution in [0.3, 0.4) is 0 Å². The molecule has 6 nitrogen and oxygen atoms in total. The number of rotatable bonds is 8. The van der Waals surface area contributed by atoms with Gasteiger partial charge in [-0.25, -0.2) is 4.98 Å². The number of para-hydroxylation sites is 1. The standard InChI is InChI=1S/C11H9NO3S2.2C4H11N/c13-9(14)5-6(11(15)16)10-12-7-3-1-2-4-8(7)17-10;2*1-3-5-4-2/h1-4,6H,5H2,(H,13,14)(H,15,16);2*5H,3-4H2,1-2H3. The van der Waals surface area contributed by atoms with Crippen molar-refractivity contribution in [1.29, 1.82) is 0 Å². The van der Waals surface area contributed by atoms with Crippen LogP contribution in [-0.2, 0) is 4.79 Å². The largest absolute Gasteiger partial charge is 0.501 e. The third-order valence-corrected chi connectivity index (χ3v) is 4.72. The SMILES string of the molecule is CCNCC.CCNCC.O=C(O)CC(C(O)=S)c1nc2ccccc2s1. The number of nitrogens with zero attached hydrogens (tertiary/aromatic N) is 1. The third kappa shape index (κ3) is 11.0. The highest BCUT2D eigenvalue weighted by molar-refractivity contribution is 7.80. The van der Waals surface area contributed by atoms with Crippen LogP contribution >= 0.6 is 23.6 Å². The number of fused-ring (bicyclic) bond motifs is 1. The summed E-state index contributed by atoms with van der Waals surface area (Å²) >= 11 is 6.03. The minimum Gasteiger partial charge on any atom is -0.501 e. The average molecular weight is 414 g/mol. The number of thiocarbonyl (C=S) groups is 1. The molecular weight excluding hydrogens is 382 g/mol. The summed E-state index contributed by atoms with van der Waals surface area (Å²) in [5, 5.41) is 24.6. The first-order valence-electron chi connectivity index (χ1n) is 9.12. The number of carboxylic acids is 1. The molecule has 0 aliphatic heterocycles. The molecule has 1 atom stereocenters. The zero-order valence-corrected chi connectivity index (χ0v) is 18.1. The van der Waals surface area contributed by atoms with E-state index in [0.29, 0.717) is 5.01 Å². The van der Waals surface area contributed by atoms with Crippen molar-refractivity contribution >= 4 is 44.8 Å². The minimum absolute atomic E-state index is 0.241. The first-order chi connectivity index (χ1) is 12.9. The summed E-state index contributed by atoms with van der Waals surface area (Å²) < 4.78 is 0.953. The van der Waals surface area contributed by atoms with Crippen LogP contribution < -0.4 is 10.6 Å². The molecule has 2 rings (SSSR count). The van der Waals surface area contributed by atoms with E-state index in [1.807, 2.05) is 24.3 Å². The van der Waals surface area contributed by atoms with Crippen LogP contribution in [0.2, 0.25) is 0 Å². The Bertz CT molecular complexity index is 634. The maximum Gasteiger partial charge on any atom is 0.304 e. The maximum absolute atomic E-state index is 10.7. The smallest absolute Gasteiger partial charge is 0.304 e. The highest BCUT2D eigenvalue weighted by Gasteiger charge is 2.23. The van der Waals surface area contributed by atoms with E-state index < -0.39 is 11.9 Å². The van der Waals surface area contributed by atoms with Gasteiger partial charge < -0.3 is 20.8 Å². The number of aliphatic carboxylic acids is 1. The summed E-state index contributed by atoms with van der Waals surface area (Å²) in [6, 6.07) is 7.48. The lowest BCUT2D eigenvalue weighted by Crippen LogP contribution is -2.14. The van der Waals surface area contributed by atoms with Gasteiger partial charge in [0.2, 0.25) is 0 Å². The molecule has 0 fully saturated rings. The van der Waals surface area contributed by atoms with Crippen molar-refractivity contribution in [3.05, 3.63) is 29.3 Å². The fraction of sp³-hybridized carbons (Fsp3) is 0.526. The number of aliphatic hydroxyl groups excluding tert-OH is 1. The van der Waals surface area contributed by atoms with Crippen LogP contribution in [0.25, 0.3) is 10.2 Å². The van der Waals surface area contributed by atoms with Crippen molar-refractivity contribution in [2.24, 2.45) is 0 Å². The molecule has 4 N–H and O–H groups in total. The fourth-order valence-electron chi connectivity index (χ4n) is 1.99. The topological polar surface area (TPSA) is 94.5 Å². The van der Waals surface area contributed by atoms with Crippen LogP contribution in [-0.4, -0.2) is 52.4 Å². The van der Waals surface area contributed by atoms with E-state index >= 15 is 0 Å². The van der Waals surface area contributed by atoms with E-state index in [1.54, 1.807) is 0 Å². The molecule has 0 bridgehead atoms. The molecule has 8 heteroatoms. The number of hydrogen-bond donors (Lipinski definition) is 4. The lowest BCUT2D eigenvalue weighted by Gasteiger charge is -2.07. The van der Waals surface area contributed by atoms with Crippen molar-refractivity contribution in [2.45, 2.75) is 40.0 Å². The number of aliphatic hydroxyl groups is 1. The maximum atomic E-state index is 10.7. The van der Waals surface area contributed by atoms with Gasteiger partial charge in [0, 0.05) is 0 Å². The molecule has 0 aliphatic carbocycles. The zero-order chi connectivity index (χ0) is 20.7. The Hall–Kier alpha value is -1.61. The van der Waals surface area contributed by atoms with Gasteiger partial charge in [0.05, 0.1) is 22.6 Å². The second-order valence-corrected chi connectivity index (χ2v) is 6.90. The Morgan fingerprint density at radius 1 is 1.07 bits per heavy atom. The molecule has 0 saturated carbocycles. The number of nitrogens with one attached hydrogen (secondary N) is 2. The Balaban J connectivity index is 0.000000563. The molecule has 0 amide bonds. The quantitative estimate of drug-likeness (QED) is 0.486. The Labute approximate surface area is 171 Å². The lowest BCUT2D eigenvalue weighted by atomic mass is 10.1. The summed E-state index contributed by atoms with van der Waals surface area (Å²) in [7, 11) is 0. The number of aromatic nitrogens is 1. The van der Waals surface area contributed by atoms with E-state index in [0.717, 1.165) is 36.4 Å². The molecule has 0 aliphatic rings. The van der Waals surface area contributed by atoms with Gasteiger partial charge in [0.1, 0.15) is 5.01 Å². The second kappa shape index (κ2) is 15.4. The molecule has 152 valence electrons. The van der Waals surface area contributed by atoms with E-state index in [9.17, 15) is 9.90 Å². The summed E-state index contributed by atoms with van der Waals surface area (Å²) in [6.07, 6.45) is -0.241. The van der Waals surface area contributed by atoms with Gasteiger partial charge in [-0.05, 0) is 50.5 Å². The summed E-state index contributed by atoms with van der Waals surface area (Å²) in [4.78, 5) is 15.0. The number of carboxylic acid groups (broad SMARTS) is 1. The second-order valence-electron chi connectivity index (χ2n) is 5.42. The van der Waals surface area contributed by atoms with Gasteiger partial charge in [-0.1, -0.05) is 39.8 Å². The van der Waals surface area contributed by atoms with E-state index in [4.69, 9.17) is 5.11 Å². The van der Waals surface area contributed by atoms with Crippen molar-refractivity contribution < 1.29 is 15.0 Å². The van der Waals surface area contributed by atoms with Gasteiger partial charge in [0.25, 0.3) is 0 Å². The van der Waals surface area contributed by atoms with Crippen LogP contribution in [0.15, 0.2) is 24.3 Å². The van der Waals surface area contributed by atoms with Gasteiger partial charge in [-0.15, -0.1) is 11.3 Å². The molecule has 1 aromatic heterocycles. The molecule has 1 aromatic carbocycles. The minimum atomic E-state index is -1.01. The molecule has 0 saturated heterocycles. The van der Waals surface area contributed by atoms with Crippen LogP contribution in [0, 0.1) is 0 Å². The number of thiazole rings is 1. The molecular formula is C19H31N3O3S2. The highest BCUT2D eigenvalue weighted by Crippen LogP contribution is 2.29. The molecule has 27 heavy (non-hydrogen) atoms. The fourth-order valence-corrected chi connectivity index (χ4v) is 3.33. The lowest BCUT2D eigenvalue weighted by molar-refractivity contribution is -0.137. The van der Waals surface area contributed by atoms with Gasteiger partial charge >= 0.3 is 5.97 Å². The van der Waals surface area contributed by atoms with Crippen LogP contribution in [0.4, 0.5) is 0 Å². The van der Waals surface area contributed by atoms with Gasteiger partial charge in [0.15, 0.2) is 5.05 Å². The van der Waals surface area contributed by atoms with E-state index in [-0.39, 0.29) is 11.5 Å². The predicted molar refractivity (Wildman–Crippen MR) is 118 cm³/mol. The Morgan fingerprint density at radius 3 is 1.96 bits per heavy atom. The van der Waals surface area contributed by atoms with Gasteiger partial charge in [-0.3, -0.25) is 4.79 Å². The van der Waals surface area contributed by atoms with Gasteiger partial charge in [-0.2, -0.15) is 0 Å². The molecule has 1 unspecified atom stereocenters. The Morgan fingerprint density at radius 2 is 1.59 bits per heavy atom. The average Bonchev–Trinajstić information content (AvgIpc) is 3.05. The summed E-state index contributed by atoms with van der Waals surface area (Å²) in [5.41, 5.74) is 0.791. The molecule has 0 radical (unpaired) electrons. The molecule has 1 heterocycles. The predicted octanol–water partition coefficient (Wildman–Crippen LogP) is 3.97. The van der Waals surface area contributed by atoms with Crippen molar-refractivity contribution in [1.82, 2.24) is 15.6 Å². The monoisotopic (exact) mass is 413 g/mol. The number of carbonyl (C=O) groups is 1. The molecule has 2 aromatic rings. The van der Waals surface area contributed by atoms with Crippen LogP contribution in [0.1, 0.15) is 45.0 Å². The van der Waals surface area contributed by atoms with Crippen molar-refractivity contribution in [3.8, 4) is 0 Å². The first kappa shape index (κ1) is 25.4. The number of hydrogen-bond acceptors (Lipinski definition) is 6. The van der Waals surface area contributed by atoms with E-state index in [1.165, 1.54) is 11.3 Å². The first-order valence-corrected chi connectivity index (χ1v) is 10.3. The van der Waals surface area contributed by atoms with Crippen molar-refractivity contribution in [2.75, 3.05) is 26.2 Å². The summed E-state index contributed by atoms with van der Waals surface area (Å²) in [5.74, 6) is -1.72. The number of benzene rings is 1. The van der Waals surface area contributed by atoms with Crippen LogP contribution in [0.5, 0.6) is 0 Å². The van der Waals surface area contributed by atoms with Crippen molar-refractivity contribution in [3.63, 3.8) is 0 Å². The summed E-state index contributed by atoms with van der Waals surface area (Å²) in [6.45, 7) is 12.8. The van der Waals surface area contributed by atoms with E-state index in [2.05, 4.69) is 55.5 Å². The Kier molecular flexibility index (Phi) is 14.5. The zero-order valence-electron chi connectivity index (χ0n) is 16.5.